The van der Waals surface area contributed by atoms with Crippen molar-refractivity contribution in [1.82, 2.24) is 4.98 Å². The summed E-state index contributed by atoms with van der Waals surface area (Å²) < 4.78 is 4.45. The van der Waals surface area contributed by atoms with Gasteiger partial charge in [-0.25, -0.2) is 9.78 Å². The van der Waals surface area contributed by atoms with Crippen LogP contribution in [0.5, 0.6) is 5.88 Å². The van der Waals surface area contributed by atoms with Crippen molar-refractivity contribution >= 4 is 23.5 Å². The summed E-state index contributed by atoms with van der Waals surface area (Å²) in [5, 5.41) is 0.136. The minimum Gasteiger partial charge on any atom is -0.399 e. The monoisotopic (exact) mass is 200 g/mol. The first-order chi connectivity index (χ1) is 6.11. The molecule has 13 heavy (non-hydrogen) atoms. The topological polar surface area (TPSA) is 82.3 Å². The molecule has 1 heterocycles. The number of primary amides is 1. The van der Waals surface area contributed by atoms with E-state index in [2.05, 4.69) is 15.5 Å². The van der Waals surface area contributed by atoms with E-state index in [0.717, 1.165) is 0 Å². The lowest BCUT2D eigenvalue weighted by molar-refractivity contribution is -0.146. The Morgan fingerprint density at radius 3 is 2.77 bits per heavy atom. The second kappa shape index (κ2) is 3.86. The van der Waals surface area contributed by atoms with Crippen LogP contribution in [0, 0.1) is 0 Å². The number of aromatic nitrogens is 1. The molecule has 0 fully saturated rings. The van der Waals surface area contributed by atoms with Gasteiger partial charge in [-0.2, -0.15) is 0 Å². The molecule has 0 radical (unpaired) electrons. The molecule has 5 nitrogen and oxygen atoms in total. The molecule has 0 spiro atoms. The van der Waals surface area contributed by atoms with Crippen molar-refractivity contribution in [3.8, 4) is 5.88 Å². The van der Waals surface area contributed by atoms with E-state index in [1.54, 1.807) is 6.07 Å². The zero-order chi connectivity index (χ0) is 9.84. The maximum absolute atomic E-state index is 10.7. The molecule has 0 saturated heterocycles. The summed E-state index contributed by atoms with van der Waals surface area (Å²) in [6.45, 7) is 0. The predicted molar refractivity (Wildman–Crippen MR) is 44.1 cm³/mol. The third kappa shape index (κ3) is 2.41. The van der Waals surface area contributed by atoms with E-state index in [0.29, 0.717) is 0 Å². The number of rotatable bonds is 1. The van der Waals surface area contributed by atoms with Crippen LogP contribution in [0.4, 0.5) is 0 Å². The molecule has 0 bridgehead atoms. The van der Waals surface area contributed by atoms with Crippen LogP contribution in [0.1, 0.15) is 0 Å². The number of carbonyl (C=O) groups is 2. The average Bonchev–Trinajstić information content (AvgIpc) is 2.08. The summed E-state index contributed by atoms with van der Waals surface area (Å²) >= 11 is 5.58. The van der Waals surface area contributed by atoms with Crippen molar-refractivity contribution in [1.29, 1.82) is 0 Å². The summed E-state index contributed by atoms with van der Waals surface area (Å²) in [4.78, 5) is 24.6. The van der Waals surface area contributed by atoms with Crippen molar-refractivity contribution in [3.05, 3.63) is 23.4 Å². The van der Waals surface area contributed by atoms with Gasteiger partial charge >= 0.3 is 11.9 Å². The summed E-state index contributed by atoms with van der Waals surface area (Å²) in [5.41, 5.74) is 4.65. The molecule has 1 rings (SSSR count). The number of amides is 1. The largest absolute Gasteiger partial charge is 0.403 e. The molecule has 6 heteroatoms. The fourth-order valence-electron chi connectivity index (χ4n) is 0.584. The van der Waals surface area contributed by atoms with Crippen LogP contribution >= 0.6 is 11.6 Å². The standard InChI is InChI=1S/C7H5ClN2O3/c8-4-2-1-3-10-6(4)13-7(12)5(9)11/h1-3H,(H2,9,11). The number of pyridine rings is 1. The van der Waals surface area contributed by atoms with Gasteiger partial charge in [0.2, 0.25) is 5.88 Å². The predicted octanol–water partition coefficient (Wildman–Crippen LogP) is 0.126. The minimum atomic E-state index is -1.19. The Morgan fingerprint density at radius 2 is 2.23 bits per heavy atom. The molecule has 0 unspecified atom stereocenters. The van der Waals surface area contributed by atoms with E-state index >= 15 is 0 Å². The first-order valence-corrected chi connectivity index (χ1v) is 3.61. The van der Waals surface area contributed by atoms with Gasteiger partial charge < -0.3 is 10.5 Å². The Labute approximate surface area is 78.5 Å². The van der Waals surface area contributed by atoms with Crippen LogP contribution < -0.4 is 10.5 Å². The second-order valence-electron chi connectivity index (χ2n) is 2.04. The van der Waals surface area contributed by atoms with Crippen molar-refractivity contribution in [2.45, 2.75) is 0 Å². The molecule has 1 aromatic rings. The van der Waals surface area contributed by atoms with E-state index in [1.807, 2.05) is 0 Å². The normalized spacial score (nSPS) is 9.31. The van der Waals surface area contributed by atoms with Crippen LogP contribution in [-0.2, 0) is 9.59 Å². The number of hydrogen-bond acceptors (Lipinski definition) is 4. The number of hydrogen-bond donors (Lipinski definition) is 1. The molecule has 0 atom stereocenters. The zero-order valence-corrected chi connectivity index (χ0v) is 7.12. The van der Waals surface area contributed by atoms with Crippen molar-refractivity contribution < 1.29 is 14.3 Å². The van der Waals surface area contributed by atoms with Gasteiger partial charge in [0.1, 0.15) is 5.02 Å². The third-order valence-corrected chi connectivity index (χ3v) is 1.40. The van der Waals surface area contributed by atoms with Gasteiger partial charge in [0.05, 0.1) is 0 Å². The van der Waals surface area contributed by atoms with Crippen molar-refractivity contribution in [2.24, 2.45) is 5.73 Å². The van der Waals surface area contributed by atoms with Crippen LogP contribution in [-0.4, -0.2) is 16.9 Å². The van der Waals surface area contributed by atoms with Gasteiger partial charge in [-0.1, -0.05) is 11.6 Å². The molecule has 0 aliphatic carbocycles. The maximum atomic E-state index is 10.7. The summed E-state index contributed by atoms with van der Waals surface area (Å²) in [6, 6.07) is 3.03. The lowest BCUT2D eigenvalue weighted by Gasteiger charge is -2.00. The molecule has 0 aliphatic rings. The molecule has 0 aliphatic heterocycles. The smallest absolute Gasteiger partial charge is 0.399 e. The van der Waals surface area contributed by atoms with Crippen LogP contribution in [0.2, 0.25) is 5.02 Å². The van der Waals surface area contributed by atoms with E-state index in [9.17, 15) is 9.59 Å². The maximum Gasteiger partial charge on any atom is 0.403 e. The van der Waals surface area contributed by atoms with Gasteiger partial charge in [-0.05, 0) is 12.1 Å². The first-order valence-electron chi connectivity index (χ1n) is 3.23. The highest BCUT2D eigenvalue weighted by molar-refractivity contribution is 6.34. The van der Waals surface area contributed by atoms with E-state index in [1.165, 1.54) is 12.3 Å². The highest BCUT2D eigenvalue weighted by Crippen LogP contribution is 2.19. The summed E-state index contributed by atoms with van der Waals surface area (Å²) in [5.74, 6) is -2.52. The van der Waals surface area contributed by atoms with E-state index < -0.39 is 11.9 Å². The number of esters is 1. The lowest BCUT2D eigenvalue weighted by Crippen LogP contribution is -2.28. The number of carbonyl (C=O) groups excluding carboxylic acids is 2. The molecule has 0 saturated carbocycles. The summed E-state index contributed by atoms with van der Waals surface area (Å²) in [7, 11) is 0. The van der Waals surface area contributed by atoms with Gasteiger partial charge in [0.15, 0.2) is 0 Å². The fraction of sp³-hybridized carbons (Fsp3) is 0. The second-order valence-corrected chi connectivity index (χ2v) is 2.45. The lowest BCUT2D eigenvalue weighted by atomic mass is 10.5. The number of halogens is 1. The molecule has 1 aromatic heterocycles. The molecule has 1 amide bonds. The number of nitrogens with zero attached hydrogens (tertiary/aromatic N) is 1. The Bertz CT molecular complexity index is 353. The highest BCUT2D eigenvalue weighted by atomic mass is 35.5. The van der Waals surface area contributed by atoms with Crippen molar-refractivity contribution in [2.75, 3.05) is 0 Å². The molecule has 68 valence electrons. The van der Waals surface area contributed by atoms with Crippen molar-refractivity contribution in [3.63, 3.8) is 0 Å². The quantitative estimate of drug-likeness (QED) is 0.516. The molecular formula is C7H5ClN2O3. The number of nitrogens with two attached hydrogens (primary N) is 1. The molecule has 2 N–H and O–H groups in total. The van der Waals surface area contributed by atoms with E-state index in [4.69, 9.17) is 11.6 Å². The Hall–Kier alpha value is -1.62. The van der Waals surface area contributed by atoms with Gasteiger partial charge in [-0.15, -0.1) is 0 Å². The summed E-state index contributed by atoms with van der Waals surface area (Å²) in [6.07, 6.45) is 1.37. The Morgan fingerprint density at radius 1 is 1.54 bits per heavy atom. The Kier molecular flexibility index (Phi) is 2.81. The van der Waals surface area contributed by atoms with Gasteiger partial charge in [0, 0.05) is 6.20 Å². The number of ether oxygens (including phenoxy) is 1. The van der Waals surface area contributed by atoms with Crippen LogP contribution in [0.15, 0.2) is 18.3 Å². The van der Waals surface area contributed by atoms with Crippen LogP contribution in [0.3, 0.4) is 0 Å². The molecular weight excluding hydrogens is 196 g/mol. The molecule has 0 aromatic carbocycles. The fourth-order valence-corrected chi connectivity index (χ4v) is 0.745. The SMILES string of the molecule is NC(=O)C(=O)Oc1ncccc1Cl. The van der Waals surface area contributed by atoms with Gasteiger partial charge in [-0.3, -0.25) is 4.79 Å². The van der Waals surface area contributed by atoms with Gasteiger partial charge in [0.25, 0.3) is 0 Å². The van der Waals surface area contributed by atoms with Crippen LogP contribution in [0.25, 0.3) is 0 Å². The highest BCUT2D eigenvalue weighted by Gasteiger charge is 2.14. The van der Waals surface area contributed by atoms with E-state index in [-0.39, 0.29) is 10.9 Å². The zero-order valence-electron chi connectivity index (χ0n) is 6.36. The Balaban J connectivity index is 2.81. The minimum absolute atomic E-state index is 0.132. The first kappa shape index (κ1) is 9.47. The third-order valence-electron chi connectivity index (χ3n) is 1.12. The average molecular weight is 201 g/mol.